The van der Waals surface area contributed by atoms with E-state index in [0.29, 0.717) is 19.4 Å². The van der Waals surface area contributed by atoms with Crippen molar-refractivity contribution in [2.45, 2.75) is 72.5 Å². The molecule has 0 aromatic heterocycles. The van der Waals surface area contributed by atoms with Gasteiger partial charge in [-0.2, -0.15) is 4.99 Å². The molecule has 9 heteroatoms. The van der Waals surface area contributed by atoms with Crippen molar-refractivity contribution in [3.8, 4) is 0 Å². The van der Waals surface area contributed by atoms with E-state index in [2.05, 4.69) is 22.2 Å². The van der Waals surface area contributed by atoms with Crippen LogP contribution in [0, 0.1) is 22.7 Å². The Balaban J connectivity index is 2.28. The summed E-state index contributed by atoms with van der Waals surface area (Å²) in [7, 11) is 0. The molecule has 5 atom stereocenters. The minimum Gasteiger partial charge on any atom is -0.346 e. The zero-order valence-corrected chi connectivity index (χ0v) is 20.4. The normalized spacial score (nSPS) is 24.5. The number of likely N-dealkylation sites (tertiary alicyclic amines) is 1. The van der Waals surface area contributed by atoms with Crippen molar-refractivity contribution in [1.29, 1.82) is 0 Å². The Bertz CT molecular complexity index is 869. The Morgan fingerprint density at radius 3 is 2.42 bits per heavy atom. The Labute approximate surface area is 195 Å². The van der Waals surface area contributed by atoms with Crippen LogP contribution in [0.3, 0.4) is 0 Å². The first kappa shape index (κ1) is 26.5. The Kier molecular flexibility index (Phi) is 8.01. The highest BCUT2D eigenvalue weighted by atomic mass is 16.2. The third kappa shape index (κ3) is 5.41. The molecule has 0 radical (unpaired) electrons. The number of hydrogen-bond donors (Lipinski definition) is 2. The number of nitrogens with one attached hydrogen (secondary N) is 2. The molecule has 0 aromatic carbocycles. The first-order valence-electron chi connectivity index (χ1n) is 11.4. The van der Waals surface area contributed by atoms with Crippen molar-refractivity contribution < 1.29 is 24.0 Å². The predicted molar refractivity (Wildman–Crippen MR) is 123 cm³/mol. The van der Waals surface area contributed by atoms with Crippen LogP contribution in [0.2, 0.25) is 0 Å². The molecule has 1 aliphatic carbocycles. The van der Waals surface area contributed by atoms with Crippen LogP contribution in [0.1, 0.15) is 54.4 Å². The average Bonchev–Trinajstić information content (AvgIpc) is 3.08. The summed E-state index contributed by atoms with van der Waals surface area (Å²) in [4.78, 5) is 67.8. The predicted octanol–water partition coefficient (Wildman–Crippen LogP) is 1.38. The van der Waals surface area contributed by atoms with E-state index in [0.717, 1.165) is 0 Å². The van der Waals surface area contributed by atoms with E-state index >= 15 is 0 Å². The van der Waals surface area contributed by atoms with Crippen LogP contribution >= 0.6 is 0 Å². The third-order valence-electron chi connectivity index (χ3n) is 6.84. The number of ketones is 1. The minimum atomic E-state index is -0.989. The molecule has 2 fully saturated rings. The van der Waals surface area contributed by atoms with E-state index in [1.165, 1.54) is 17.1 Å². The van der Waals surface area contributed by atoms with Crippen LogP contribution in [-0.2, 0) is 24.0 Å². The van der Waals surface area contributed by atoms with Crippen LogP contribution in [0.15, 0.2) is 17.6 Å². The molecule has 2 aliphatic rings. The standard InChI is InChI=1S/C24H36N4O5/c1-8-10-15(18(30)21(32)25-11-9-2)27-20(31)17-16-14(24(16,6)7)12-28(17)22(33)19(26-13-29)23(3,4)5/h9,14-17,19H,2,8,10-12H2,1,3-7H3,(H,25,32)(H,27,31)/t14-,15?,16-,17-,19+/m0/s1. The lowest BCUT2D eigenvalue weighted by Crippen LogP contribution is -2.57. The van der Waals surface area contributed by atoms with Crippen molar-refractivity contribution in [2.75, 3.05) is 13.1 Å². The van der Waals surface area contributed by atoms with Gasteiger partial charge in [-0.15, -0.1) is 6.58 Å². The van der Waals surface area contributed by atoms with Gasteiger partial charge in [-0.25, -0.2) is 4.79 Å². The Morgan fingerprint density at radius 1 is 1.27 bits per heavy atom. The Hall–Kier alpha value is -2.80. The fourth-order valence-corrected chi connectivity index (χ4v) is 4.87. The number of isocyanates is 1. The van der Waals surface area contributed by atoms with E-state index < -0.39 is 47.0 Å². The van der Waals surface area contributed by atoms with Crippen molar-refractivity contribution >= 4 is 29.6 Å². The lowest BCUT2D eigenvalue weighted by atomic mass is 9.85. The number of piperidine rings is 1. The van der Waals surface area contributed by atoms with Gasteiger partial charge in [0.1, 0.15) is 12.1 Å². The lowest BCUT2D eigenvalue weighted by molar-refractivity contribution is -0.144. The monoisotopic (exact) mass is 460 g/mol. The quantitative estimate of drug-likeness (QED) is 0.220. The molecule has 2 N–H and O–H groups in total. The molecule has 9 nitrogen and oxygen atoms in total. The van der Waals surface area contributed by atoms with Gasteiger partial charge in [0.2, 0.25) is 23.7 Å². The number of hydrogen-bond acceptors (Lipinski definition) is 6. The van der Waals surface area contributed by atoms with E-state index in [1.807, 2.05) is 20.8 Å². The fourth-order valence-electron chi connectivity index (χ4n) is 4.87. The lowest BCUT2D eigenvalue weighted by Gasteiger charge is -2.35. The van der Waals surface area contributed by atoms with Crippen LogP contribution in [0.4, 0.5) is 0 Å². The van der Waals surface area contributed by atoms with Gasteiger partial charge in [-0.3, -0.25) is 19.2 Å². The SMILES string of the molecule is C=CCNC(=O)C(=O)C(CCC)NC(=O)[C@@H]1[C@@H]2[C@H](CN1C(=O)[C@@H](N=C=O)C(C)(C)C)C2(C)C. The molecule has 3 amide bonds. The number of aliphatic imine (C=N–C) groups is 1. The van der Waals surface area contributed by atoms with E-state index in [-0.39, 0.29) is 23.8 Å². The molecular weight excluding hydrogens is 424 g/mol. The highest BCUT2D eigenvalue weighted by molar-refractivity contribution is 6.38. The summed E-state index contributed by atoms with van der Waals surface area (Å²) in [6.07, 6.45) is 3.82. The minimum absolute atomic E-state index is 0.0748. The Morgan fingerprint density at radius 2 is 1.91 bits per heavy atom. The first-order chi connectivity index (χ1) is 15.3. The topological polar surface area (TPSA) is 125 Å². The van der Waals surface area contributed by atoms with E-state index in [1.54, 1.807) is 20.8 Å². The molecule has 33 heavy (non-hydrogen) atoms. The molecule has 1 heterocycles. The zero-order chi connectivity index (χ0) is 25.1. The summed E-state index contributed by atoms with van der Waals surface area (Å²) in [5, 5.41) is 5.17. The first-order valence-corrected chi connectivity index (χ1v) is 11.4. The number of nitrogens with zero attached hydrogens (tertiary/aromatic N) is 2. The number of carbonyl (C=O) groups excluding carboxylic acids is 5. The molecule has 0 bridgehead atoms. The number of carbonyl (C=O) groups is 4. The van der Waals surface area contributed by atoms with Gasteiger partial charge in [0.05, 0.1) is 6.04 Å². The molecule has 2 rings (SSSR count). The van der Waals surface area contributed by atoms with Crippen LogP contribution in [-0.4, -0.2) is 65.7 Å². The van der Waals surface area contributed by atoms with Gasteiger partial charge >= 0.3 is 0 Å². The van der Waals surface area contributed by atoms with Crippen LogP contribution < -0.4 is 10.6 Å². The number of Topliss-reactive ketones (excluding diaryl/α,β-unsaturated/α-hetero) is 1. The second-order valence-corrected chi connectivity index (χ2v) is 10.6. The molecule has 182 valence electrons. The highest BCUT2D eigenvalue weighted by Gasteiger charge is 2.69. The third-order valence-corrected chi connectivity index (χ3v) is 6.84. The van der Waals surface area contributed by atoms with Crippen molar-refractivity contribution in [2.24, 2.45) is 27.7 Å². The summed E-state index contributed by atoms with van der Waals surface area (Å²) >= 11 is 0. The van der Waals surface area contributed by atoms with Gasteiger partial charge in [-0.05, 0) is 29.1 Å². The van der Waals surface area contributed by atoms with Crippen molar-refractivity contribution in [1.82, 2.24) is 15.5 Å². The van der Waals surface area contributed by atoms with E-state index in [4.69, 9.17) is 0 Å². The summed E-state index contributed by atoms with van der Waals surface area (Å²) in [6, 6.07) is -2.76. The molecule has 0 spiro atoms. The molecule has 0 aromatic rings. The molecule has 1 saturated carbocycles. The number of amides is 3. The maximum Gasteiger partial charge on any atom is 0.289 e. The van der Waals surface area contributed by atoms with Crippen LogP contribution in [0.25, 0.3) is 0 Å². The van der Waals surface area contributed by atoms with Crippen LogP contribution in [0.5, 0.6) is 0 Å². The largest absolute Gasteiger partial charge is 0.346 e. The van der Waals surface area contributed by atoms with Crippen molar-refractivity contribution in [3.63, 3.8) is 0 Å². The van der Waals surface area contributed by atoms with E-state index in [9.17, 15) is 24.0 Å². The highest BCUT2D eigenvalue weighted by Crippen LogP contribution is 2.65. The average molecular weight is 461 g/mol. The van der Waals surface area contributed by atoms with Crippen molar-refractivity contribution in [3.05, 3.63) is 12.7 Å². The number of fused-ring (bicyclic) bond motifs is 1. The second-order valence-electron chi connectivity index (χ2n) is 10.6. The van der Waals surface area contributed by atoms with Gasteiger partial charge in [-0.1, -0.05) is 54.0 Å². The molecule has 1 saturated heterocycles. The maximum atomic E-state index is 13.4. The number of rotatable bonds is 10. The molecular formula is C24H36N4O5. The van der Waals surface area contributed by atoms with Gasteiger partial charge in [0, 0.05) is 13.1 Å². The molecule has 1 unspecified atom stereocenters. The summed E-state index contributed by atoms with van der Waals surface area (Å²) < 4.78 is 0. The smallest absolute Gasteiger partial charge is 0.289 e. The maximum absolute atomic E-state index is 13.4. The summed E-state index contributed by atoms with van der Waals surface area (Å²) in [5.74, 6) is -2.33. The summed E-state index contributed by atoms with van der Waals surface area (Å²) in [5.41, 5.74) is -0.767. The second kappa shape index (κ2) is 10.00. The fraction of sp³-hybridized carbons (Fsp3) is 0.708. The summed E-state index contributed by atoms with van der Waals surface area (Å²) in [6.45, 7) is 15.4. The van der Waals surface area contributed by atoms with Gasteiger partial charge in [0.25, 0.3) is 5.91 Å². The van der Waals surface area contributed by atoms with Gasteiger partial charge < -0.3 is 15.5 Å². The zero-order valence-electron chi connectivity index (χ0n) is 20.4. The van der Waals surface area contributed by atoms with Gasteiger partial charge in [0.15, 0.2) is 0 Å². The molecule has 1 aliphatic heterocycles.